The van der Waals surface area contributed by atoms with E-state index in [0.29, 0.717) is 0 Å². The van der Waals surface area contributed by atoms with Crippen LogP contribution in [-0.2, 0) is 0 Å². The molecule has 150 valence electrons. The van der Waals surface area contributed by atoms with Crippen LogP contribution in [0.3, 0.4) is 0 Å². The molecule has 0 heterocycles. The molecule has 0 saturated heterocycles. The lowest BCUT2D eigenvalue weighted by atomic mass is 9.97. The summed E-state index contributed by atoms with van der Waals surface area (Å²) in [6, 6.07) is 27.1. The molecule has 0 spiro atoms. The monoisotopic (exact) mass is 391 g/mol. The first-order chi connectivity index (χ1) is 14.4. The minimum atomic E-state index is 0.756. The van der Waals surface area contributed by atoms with E-state index in [1.165, 1.54) is 11.1 Å². The normalized spacial score (nSPS) is 12.7. The number of benzene rings is 3. The summed E-state index contributed by atoms with van der Waals surface area (Å²) in [7, 11) is 0. The lowest BCUT2D eigenvalue weighted by molar-refractivity contribution is 1.41. The second-order valence-electron chi connectivity index (χ2n) is 7.65. The van der Waals surface area contributed by atoms with Gasteiger partial charge in [-0.05, 0) is 60.3 Å². The number of rotatable bonds is 6. The highest BCUT2D eigenvalue weighted by atomic mass is 14.6. The zero-order valence-electron chi connectivity index (χ0n) is 18.0. The van der Waals surface area contributed by atoms with Gasteiger partial charge in [-0.2, -0.15) is 0 Å². The van der Waals surface area contributed by atoms with Crippen molar-refractivity contribution in [3.05, 3.63) is 137 Å². The predicted molar refractivity (Wildman–Crippen MR) is 132 cm³/mol. The van der Waals surface area contributed by atoms with Crippen LogP contribution in [0.15, 0.2) is 109 Å². The first-order valence-electron chi connectivity index (χ1n) is 10.2. The molecular formula is C29H29N. The van der Waals surface area contributed by atoms with E-state index in [1.54, 1.807) is 0 Å². The van der Waals surface area contributed by atoms with E-state index in [9.17, 15) is 0 Å². The fourth-order valence-electron chi connectivity index (χ4n) is 3.26. The van der Waals surface area contributed by atoms with Gasteiger partial charge in [-0.25, -0.2) is 0 Å². The van der Waals surface area contributed by atoms with Crippen LogP contribution in [0, 0.1) is 13.8 Å². The molecule has 30 heavy (non-hydrogen) atoms. The maximum Gasteiger partial charge on any atom is 0.0390 e. The number of hydrogen-bond acceptors (Lipinski definition) is 1. The Hall–Kier alpha value is -3.58. The van der Waals surface area contributed by atoms with Crippen LogP contribution >= 0.6 is 0 Å². The van der Waals surface area contributed by atoms with Crippen LogP contribution in [0.2, 0.25) is 0 Å². The summed E-state index contributed by atoms with van der Waals surface area (Å²) in [6.45, 7) is 10.5. The highest BCUT2D eigenvalue weighted by molar-refractivity contribution is 5.84. The van der Waals surface area contributed by atoms with E-state index in [0.717, 1.165) is 39.1 Å². The predicted octanol–water partition coefficient (Wildman–Crippen LogP) is 7.35. The van der Waals surface area contributed by atoms with E-state index >= 15 is 0 Å². The van der Waals surface area contributed by atoms with Gasteiger partial charge in [0.05, 0.1) is 0 Å². The Morgan fingerprint density at radius 2 is 1.23 bits per heavy atom. The zero-order valence-corrected chi connectivity index (χ0v) is 18.0. The smallest absolute Gasteiger partial charge is 0.0390 e. The second kappa shape index (κ2) is 9.76. The molecule has 0 unspecified atom stereocenters. The summed E-state index contributed by atoms with van der Waals surface area (Å²) < 4.78 is 0. The first kappa shape index (κ1) is 21.1. The van der Waals surface area contributed by atoms with Gasteiger partial charge in [-0.15, -0.1) is 0 Å². The summed E-state index contributed by atoms with van der Waals surface area (Å²) >= 11 is 0. The fourth-order valence-corrected chi connectivity index (χ4v) is 3.26. The zero-order chi connectivity index (χ0) is 21.5. The Morgan fingerprint density at radius 3 is 1.80 bits per heavy atom. The summed E-state index contributed by atoms with van der Waals surface area (Å²) in [5, 5.41) is 0. The minimum Gasteiger partial charge on any atom is -0.398 e. The summed E-state index contributed by atoms with van der Waals surface area (Å²) in [6.07, 6.45) is 6.25. The highest BCUT2D eigenvalue weighted by Gasteiger charge is 2.04. The van der Waals surface area contributed by atoms with Gasteiger partial charge in [-0.3, -0.25) is 0 Å². The number of aryl methyl sites for hydroxylation is 2. The number of nitrogens with two attached hydrogens (primary N) is 1. The molecule has 3 rings (SSSR count). The molecule has 3 aromatic carbocycles. The molecule has 0 fully saturated rings. The molecule has 1 nitrogen and oxygen atoms in total. The van der Waals surface area contributed by atoms with Crippen LogP contribution in [0.1, 0.15) is 34.7 Å². The van der Waals surface area contributed by atoms with Crippen molar-refractivity contribution in [2.24, 2.45) is 5.73 Å². The highest BCUT2D eigenvalue weighted by Crippen LogP contribution is 2.25. The molecule has 0 atom stereocenters. The molecule has 1 heteroatoms. The first-order valence-corrected chi connectivity index (χ1v) is 10.2. The molecule has 3 aromatic rings. The van der Waals surface area contributed by atoms with E-state index in [2.05, 4.69) is 112 Å². The third kappa shape index (κ3) is 5.48. The van der Waals surface area contributed by atoms with Gasteiger partial charge < -0.3 is 5.73 Å². The largest absolute Gasteiger partial charge is 0.398 e. The van der Waals surface area contributed by atoms with E-state index in [1.807, 2.05) is 12.1 Å². The third-order valence-corrected chi connectivity index (χ3v) is 5.14. The van der Waals surface area contributed by atoms with Gasteiger partial charge in [0.15, 0.2) is 0 Å². The fraction of sp³-hybridized carbons (Fsp3) is 0.103. The van der Waals surface area contributed by atoms with Gasteiger partial charge >= 0.3 is 0 Å². The standard InChI is InChI=1S/C29H29N/c1-21-10-15-25(16-11-21)23(3)14-19-28(26-8-6-5-7-9-26)24(4)20-29(30)27-17-12-22(2)13-18-27/h5-20H,3,30H2,1-2,4H3/b19-14-,28-24-,29-20-. The molecular weight excluding hydrogens is 362 g/mol. The van der Waals surface area contributed by atoms with Crippen LogP contribution in [0.25, 0.3) is 16.8 Å². The molecule has 0 aliphatic heterocycles. The van der Waals surface area contributed by atoms with E-state index in [4.69, 9.17) is 5.73 Å². The average molecular weight is 392 g/mol. The van der Waals surface area contributed by atoms with Crippen molar-refractivity contribution in [3.63, 3.8) is 0 Å². The van der Waals surface area contributed by atoms with Crippen molar-refractivity contribution >= 4 is 16.8 Å². The summed E-state index contributed by atoms with van der Waals surface area (Å²) in [4.78, 5) is 0. The summed E-state index contributed by atoms with van der Waals surface area (Å²) in [5.74, 6) is 0. The van der Waals surface area contributed by atoms with Crippen LogP contribution < -0.4 is 5.73 Å². The number of hydrogen-bond donors (Lipinski definition) is 1. The van der Waals surface area contributed by atoms with Gasteiger partial charge in [0, 0.05) is 5.70 Å². The van der Waals surface area contributed by atoms with Crippen molar-refractivity contribution < 1.29 is 0 Å². The van der Waals surface area contributed by atoms with Crippen LogP contribution in [0.4, 0.5) is 0 Å². The molecule has 0 bridgehead atoms. The molecule has 0 saturated carbocycles. The van der Waals surface area contributed by atoms with Crippen molar-refractivity contribution in [1.29, 1.82) is 0 Å². The van der Waals surface area contributed by atoms with Gasteiger partial charge in [0.25, 0.3) is 0 Å². The van der Waals surface area contributed by atoms with Crippen LogP contribution in [0.5, 0.6) is 0 Å². The molecule has 0 amide bonds. The maximum absolute atomic E-state index is 6.41. The van der Waals surface area contributed by atoms with E-state index < -0.39 is 0 Å². The van der Waals surface area contributed by atoms with E-state index in [-0.39, 0.29) is 0 Å². The van der Waals surface area contributed by atoms with Crippen molar-refractivity contribution in [1.82, 2.24) is 0 Å². The maximum atomic E-state index is 6.41. The Bertz CT molecular complexity index is 1090. The van der Waals surface area contributed by atoms with Crippen molar-refractivity contribution in [3.8, 4) is 0 Å². The van der Waals surface area contributed by atoms with Gasteiger partial charge in [0.2, 0.25) is 0 Å². The van der Waals surface area contributed by atoms with Gasteiger partial charge in [-0.1, -0.05) is 109 Å². The average Bonchev–Trinajstić information content (AvgIpc) is 2.75. The Balaban J connectivity index is 1.97. The SMILES string of the molecule is C=C(\C=C/C(=C(C)/C=C(\N)c1ccc(C)cc1)c1ccccc1)c1ccc(C)cc1. The van der Waals surface area contributed by atoms with Crippen molar-refractivity contribution in [2.75, 3.05) is 0 Å². The Morgan fingerprint density at radius 1 is 0.700 bits per heavy atom. The Kier molecular flexibility index (Phi) is 6.87. The van der Waals surface area contributed by atoms with Crippen molar-refractivity contribution in [2.45, 2.75) is 20.8 Å². The molecule has 2 N–H and O–H groups in total. The van der Waals surface area contributed by atoms with Gasteiger partial charge in [0.1, 0.15) is 0 Å². The second-order valence-corrected chi connectivity index (χ2v) is 7.65. The van der Waals surface area contributed by atoms with Crippen LogP contribution in [-0.4, -0.2) is 0 Å². The topological polar surface area (TPSA) is 26.0 Å². The minimum absolute atomic E-state index is 0.756. The number of allylic oxidation sites excluding steroid dienone is 6. The Labute approximate surface area is 180 Å². The lowest BCUT2D eigenvalue weighted by Crippen LogP contribution is -1.97. The quantitative estimate of drug-likeness (QED) is 0.437. The molecule has 0 aliphatic rings. The molecule has 0 radical (unpaired) electrons. The lowest BCUT2D eigenvalue weighted by Gasteiger charge is -2.09. The molecule has 0 aromatic heterocycles. The summed E-state index contributed by atoms with van der Waals surface area (Å²) in [5.41, 5.74) is 16.1. The molecule has 0 aliphatic carbocycles. The third-order valence-electron chi connectivity index (χ3n) is 5.14.